The normalized spacial score (nSPS) is 11.3. The highest BCUT2D eigenvalue weighted by atomic mass is 79.9. The maximum atomic E-state index is 12.0. The average molecular weight is 361 g/mol. The molecule has 0 aliphatic rings. The van der Waals surface area contributed by atoms with Gasteiger partial charge in [0.25, 0.3) is 0 Å². The van der Waals surface area contributed by atoms with Crippen LogP contribution in [0.4, 0.5) is 13.2 Å². The first-order valence-electron chi connectivity index (χ1n) is 6.07. The molecule has 2 rings (SSSR count). The van der Waals surface area contributed by atoms with E-state index in [-0.39, 0.29) is 12.4 Å². The summed E-state index contributed by atoms with van der Waals surface area (Å²) in [4.78, 5) is 0. The Morgan fingerprint density at radius 1 is 1.05 bits per heavy atom. The first-order chi connectivity index (χ1) is 9.83. The fourth-order valence-electron chi connectivity index (χ4n) is 1.68. The highest BCUT2D eigenvalue weighted by Crippen LogP contribution is 2.25. The van der Waals surface area contributed by atoms with Crippen molar-refractivity contribution in [2.45, 2.75) is 19.9 Å². The molecule has 6 heteroatoms. The molecule has 0 amide bonds. The van der Waals surface area contributed by atoms with Gasteiger partial charge in [-0.25, -0.2) is 0 Å². The number of halogens is 4. The van der Waals surface area contributed by atoms with Crippen molar-refractivity contribution in [3.63, 3.8) is 0 Å². The third-order valence-corrected chi connectivity index (χ3v) is 3.19. The van der Waals surface area contributed by atoms with E-state index in [1.807, 2.05) is 25.1 Å². The van der Waals surface area contributed by atoms with Gasteiger partial charge >= 0.3 is 6.36 Å². The van der Waals surface area contributed by atoms with E-state index in [4.69, 9.17) is 4.74 Å². The van der Waals surface area contributed by atoms with E-state index < -0.39 is 6.36 Å². The van der Waals surface area contributed by atoms with Gasteiger partial charge in [0.2, 0.25) is 0 Å². The van der Waals surface area contributed by atoms with Gasteiger partial charge in [-0.3, -0.25) is 0 Å². The molecule has 0 aromatic heterocycles. The molecule has 0 fully saturated rings. The van der Waals surface area contributed by atoms with Crippen molar-refractivity contribution in [2.75, 3.05) is 0 Å². The fourth-order valence-corrected chi connectivity index (χ4v) is 2.02. The summed E-state index contributed by atoms with van der Waals surface area (Å²) in [5, 5.41) is 0. The lowest BCUT2D eigenvalue weighted by molar-refractivity contribution is -0.274. The highest BCUT2D eigenvalue weighted by Gasteiger charge is 2.30. The van der Waals surface area contributed by atoms with Gasteiger partial charge < -0.3 is 9.47 Å². The van der Waals surface area contributed by atoms with Crippen LogP contribution in [0.3, 0.4) is 0 Å². The molecule has 2 aromatic carbocycles. The summed E-state index contributed by atoms with van der Waals surface area (Å²) >= 11 is 3.36. The van der Waals surface area contributed by atoms with E-state index in [1.165, 1.54) is 24.3 Å². The molecule has 0 N–H and O–H groups in total. The fraction of sp³-hybridized carbons (Fsp3) is 0.200. The number of alkyl halides is 3. The predicted octanol–water partition coefficient (Wildman–Crippen LogP) is 5.24. The summed E-state index contributed by atoms with van der Waals surface area (Å²) in [6.07, 6.45) is -4.68. The lowest BCUT2D eigenvalue weighted by atomic mass is 10.2. The third-order valence-electron chi connectivity index (χ3n) is 2.70. The van der Waals surface area contributed by atoms with Crippen LogP contribution in [0, 0.1) is 6.92 Å². The van der Waals surface area contributed by atoms with Crippen LogP contribution in [-0.2, 0) is 6.61 Å². The molecule has 21 heavy (non-hydrogen) atoms. The van der Waals surface area contributed by atoms with E-state index in [1.54, 1.807) is 0 Å². The number of hydrogen-bond acceptors (Lipinski definition) is 2. The van der Waals surface area contributed by atoms with Crippen LogP contribution < -0.4 is 9.47 Å². The van der Waals surface area contributed by atoms with Gasteiger partial charge in [0.15, 0.2) is 0 Å². The standard InChI is InChI=1S/C15H12BrF3O2/c1-10-2-5-12(16)8-14(10)20-9-11-3-6-13(7-4-11)21-15(17,18)19/h2-8H,9H2,1H3. The van der Waals surface area contributed by atoms with E-state index in [0.29, 0.717) is 0 Å². The second-order valence-corrected chi connectivity index (χ2v) is 5.31. The Labute approximate surface area is 128 Å². The van der Waals surface area contributed by atoms with Crippen molar-refractivity contribution in [2.24, 2.45) is 0 Å². The Kier molecular flexibility index (Phi) is 4.77. The molecule has 0 radical (unpaired) electrons. The van der Waals surface area contributed by atoms with E-state index in [2.05, 4.69) is 20.7 Å². The third kappa shape index (κ3) is 4.97. The van der Waals surface area contributed by atoms with Crippen LogP contribution in [0.15, 0.2) is 46.9 Å². The number of rotatable bonds is 4. The van der Waals surface area contributed by atoms with Gasteiger partial charge in [0.1, 0.15) is 18.1 Å². The van der Waals surface area contributed by atoms with Crippen LogP contribution in [0.25, 0.3) is 0 Å². The molecule has 112 valence electrons. The lowest BCUT2D eigenvalue weighted by Crippen LogP contribution is -2.17. The molecule has 0 heterocycles. The molecule has 0 aliphatic carbocycles. The van der Waals surface area contributed by atoms with E-state index >= 15 is 0 Å². The minimum atomic E-state index is -4.68. The molecular formula is C15H12BrF3O2. The minimum Gasteiger partial charge on any atom is -0.489 e. The molecule has 0 atom stereocenters. The van der Waals surface area contributed by atoms with Crippen LogP contribution >= 0.6 is 15.9 Å². The second kappa shape index (κ2) is 6.39. The van der Waals surface area contributed by atoms with Crippen molar-refractivity contribution in [1.82, 2.24) is 0 Å². The number of ether oxygens (including phenoxy) is 2. The predicted molar refractivity (Wildman–Crippen MR) is 76.3 cm³/mol. The first-order valence-corrected chi connectivity index (χ1v) is 6.86. The second-order valence-electron chi connectivity index (χ2n) is 4.39. The van der Waals surface area contributed by atoms with Crippen molar-refractivity contribution >= 4 is 15.9 Å². The summed E-state index contributed by atoms with van der Waals surface area (Å²) in [6, 6.07) is 11.3. The Hall–Kier alpha value is -1.69. The summed E-state index contributed by atoms with van der Waals surface area (Å²) in [5.74, 6) is 0.477. The molecule has 0 saturated carbocycles. The maximum Gasteiger partial charge on any atom is 0.573 e. The van der Waals surface area contributed by atoms with E-state index in [0.717, 1.165) is 21.3 Å². The van der Waals surface area contributed by atoms with Gasteiger partial charge in [-0.1, -0.05) is 34.1 Å². The molecule has 2 aromatic rings. The molecule has 0 bridgehead atoms. The van der Waals surface area contributed by atoms with Gasteiger partial charge in [-0.15, -0.1) is 13.2 Å². The van der Waals surface area contributed by atoms with Gasteiger partial charge in [0, 0.05) is 4.47 Å². The molecule has 2 nitrogen and oxygen atoms in total. The smallest absolute Gasteiger partial charge is 0.489 e. The van der Waals surface area contributed by atoms with Crippen LogP contribution in [0.2, 0.25) is 0 Å². The monoisotopic (exact) mass is 360 g/mol. The zero-order valence-corrected chi connectivity index (χ0v) is 12.7. The molecule has 0 saturated heterocycles. The SMILES string of the molecule is Cc1ccc(Br)cc1OCc1ccc(OC(F)(F)F)cc1. The summed E-state index contributed by atoms with van der Waals surface area (Å²) in [5.41, 5.74) is 1.74. The summed E-state index contributed by atoms with van der Waals surface area (Å²) < 4.78 is 46.5. The number of aryl methyl sites for hydroxylation is 1. The Morgan fingerprint density at radius 3 is 2.33 bits per heavy atom. The van der Waals surface area contributed by atoms with Crippen LogP contribution in [0.1, 0.15) is 11.1 Å². The van der Waals surface area contributed by atoms with Gasteiger partial charge in [-0.05, 0) is 42.3 Å². The number of benzene rings is 2. The zero-order valence-electron chi connectivity index (χ0n) is 11.1. The topological polar surface area (TPSA) is 18.5 Å². The van der Waals surface area contributed by atoms with Crippen molar-refractivity contribution < 1.29 is 22.6 Å². The Bertz CT molecular complexity index is 609. The van der Waals surface area contributed by atoms with Gasteiger partial charge in [0.05, 0.1) is 0 Å². The van der Waals surface area contributed by atoms with Gasteiger partial charge in [-0.2, -0.15) is 0 Å². The van der Waals surface area contributed by atoms with Crippen molar-refractivity contribution in [3.8, 4) is 11.5 Å². The largest absolute Gasteiger partial charge is 0.573 e. The average Bonchev–Trinajstić information content (AvgIpc) is 2.40. The molecule has 0 unspecified atom stereocenters. The first kappa shape index (κ1) is 15.7. The van der Waals surface area contributed by atoms with Crippen LogP contribution in [-0.4, -0.2) is 6.36 Å². The molecular weight excluding hydrogens is 349 g/mol. The summed E-state index contributed by atoms with van der Waals surface area (Å²) in [6.45, 7) is 2.19. The lowest BCUT2D eigenvalue weighted by Gasteiger charge is -2.11. The zero-order chi connectivity index (χ0) is 15.5. The van der Waals surface area contributed by atoms with E-state index in [9.17, 15) is 13.2 Å². The Morgan fingerprint density at radius 2 is 1.71 bits per heavy atom. The summed E-state index contributed by atoms with van der Waals surface area (Å²) in [7, 11) is 0. The number of hydrogen-bond donors (Lipinski definition) is 0. The van der Waals surface area contributed by atoms with Crippen molar-refractivity contribution in [1.29, 1.82) is 0 Å². The van der Waals surface area contributed by atoms with Crippen molar-refractivity contribution in [3.05, 3.63) is 58.1 Å². The maximum absolute atomic E-state index is 12.0. The highest BCUT2D eigenvalue weighted by molar-refractivity contribution is 9.10. The minimum absolute atomic E-state index is 0.245. The molecule has 0 spiro atoms. The van der Waals surface area contributed by atoms with Crippen LogP contribution in [0.5, 0.6) is 11.5 Å². The quantitative estimate of drug-likeness (QED) is 0.742. The molecule has 0 aliphatic heterocycles. The Balaban J connectivity index is 1.99.